The minimum Gasteiger partial charge on any atom is -0.328 e. The summed E-state index contributed by atoms with van der Waals surface area (Å²) in [7, 11) is 0. The van der Waals surface area contributed by atoms with Gasteiger partial charge >= 0.3 is 0 Å². The van der Waals surface area contributed by atoms with Crippen LogP contribution >= 0.6 is 0 Å². The van der Waals surface area contributed by atoms with Crippen LogP contribution in [0.3, 0.4) is 0 Å². The Morgan fingerprint density at radius 2 is 1.88 bits per heavy atom. The molecule has 0 saturated heterocycles. The molecule has 1 N–H and O–H groups in total. The van der Waals surface area contributed by atoms with Crippen LogP contribution in [0.4, 0.5) is 0 Å². The maximum atomic E-state index is 11.6. The van der Waals surface area contributed by atoms with Crippen molar-refractivity contribution in [1.29, 1.82) is 5.26 Å². The molecule has 0 bridgehead atoms. The summed E-state index contributed by atoms with van der Waals surface area (Å²) in [4.78, 5) is 14.2. The van der Waals surface area contributed by atoms with Crippen LogP contribution in [0.25, 0.3) is 11.1 Å². The van der Waals surface area contributed by atoms with Gasteiger partial charge in [0.15, 0.2) is 0 Å². The molecule has 0 aliphatic heterocycles. The van der Waals surface area contributed by atoms with Crippen molar-refractivity contribution >= 4 is 0 Å². The fourth-order valence-electron chi connectivity index (χ4n) is 1.94. The van der Waals surface area contributed by atoms with Gasteiger partial charge < -0.3 is 4.98 Å². The van der Waals surface area contributed by atoms with Crippen molar-refractivity contribution in [3.8, 4) is 17.2 Å². The van der Waals surface area contributed by atoms with E-state index in [1.54, 1.807) is 6.20 Å². The highest BCUT2D eigenvalue weighted by Crippen LogP contribution is 2.27. The third-order valence-electron chi connectivity index (χ3n) is 2.82. The van der Waals surface area contributed by atoms with Crippen LogP contribution < -0.4 is 5.56 Å². The molecule has 1 heterocycles. The summed E-state index contributed by atoms with van der Waals surface area (Å²) in [5.41, 5.74) is 3.46. The summed E-state index contributed by atoms with van der Waals surface area (Å²) in [6.45, 7) is 3.86. The Morgan fingerprint density at radius 3 is 2.53 bits per heavy atom. The molecule has 0 aliphatic carbocycles. The average molecular weight is 224 g/mol. The Balaban J connectivity index is 2.86. The summed E-state index contributed by atoms with van der Waals surface area (Å²) >= 11 is 0. The molecular formula is C14H12N2O. The number of hydrogen-bond donors (Lipinski definition) is 1. The molecule has 0 amide bonds. The van der Waals surface area contributed by atoms with Crippen molar-refractivity contribution in [3.05, 3.63) is 57.5 Å². The van der Waals surface area contributed by atoms with E-state index in [1.807, 2.05) is 44.2 Å². The van der Waals surface area contributed by atoms with E-state index in [0.717, 1.165) is 22.3 Å². The second-order valence-electron chi connectivity index (χ2n) is 3.98. The minimum absolute atomic E-state index is 0.180. The number of rotatable bonds is 1. The predicted molar refractivity (Wildman–Crippen MR) is 66.7 cm³/mol. The van der Waals surface area contributed by atoms with E-state index in [2.05, 4.69) is 4.98 Å². The van der Waals surface area contributed by atoms with Crippen molar-refractivity contribution < 1.29 is 0 Å². The van der Waals surface area contributed by atoms with Crippen LogP contribution in [0.1, 0.15) is 16.7 Å². The topological polar surface area (TPSA) is 56.6 Å². The summed E-state index contributed by atoms with van der Waals surface area (Å²) in [5, 5.41) is 9.11. The molecule has 17 heavy (non-hydrogen) atoms. The number of nitrogens with zero attached hydrogens (tertiary/aromatic N) is 1. The summed E-state index contributed by atoms with van der Waals surface area (Å²) in [6, 6.07) is 9.73. The van der Waals surface area contributed by atoms with Gasteiger partial charge in [-0.2, -0.15) is 5.26 Å². The van der Waals surface area contributed by atoms with Crippen molar-refractivity contribution in [1.82, 2.24) is 4.98 Å². The molecule has 84 valence electrons. The quantitative estimate of drug-likeness (QED) is 0.809. The number of hydrogen-bond acceptors (Lipinski definition) is 2. The molecule has 0 fully saturated rings. The molecule has 0 spiro atoms. The van der Waals surface area contributed by atoms with Gasteiger partial charge in [-0.05, 0) is 30.5 Å². The number of nitriles is 1. The fourth-order valence-corrected chi connectivity index (χ4v) is 1.94. The Labute approximate surface area is 99.4 Å². The molecule has 0 unspecified atom stereocenters. The Morgan fingerprint density at radius 1 is 1.18 bits per heavy atom. The molecule has 1 aromatic heterocycles. The standard InChI is InChI=1S/C14H12N2O/c1-9-5-3-4-6-11(9)13-10(2)8-16-14(17)12(13)7-15/h3-6,8H,1-2H3,(H,16,17). The van der Waals surface area contributed by atoms with E-state index in [-0.39, 0.29) is 11.1 Å². The molecule has 2 aromatic rings. The lowest BCUT2D eigenvalue weighted by atomic mass is 9.94. The second kappa shape index (κ2) is 4.26. The van der Waals surface area contributed by atoms with E-state index in [0.29, 0.717) is 0 Å². The van der Waals surface area contributed by atoms with Crippen molar-refractivity contribution in [2.75, 3.05) is 0 Å². The molecule has 3 heteroatoms. The van der Waals surface area contributed by atoms with Gasteiger partial charge in [-0.15, -0.1) is 0 Å². The maximum Gasteiger partial charge on any atom is 0.266 e. The van der Waals surface area contributed by atoms with Gasteiger partial charge in [-0.1, -0.05) is 24.3 Å². The molecule has 3 nitrogen and oxygen atoms in total. The number of benzene rings is 1. The molecule has 0 radical (unpaired) electrons. The van der Waals surface area contributed by atoms with Crippen LogP contribution in [0, 0.1) is 25.2 Å². The van der Waals surface area contributed by atoms with Gasteiger partial charge in [0.2, 0.25) is 0 Å². The van der Waals surface area contributed by atoms with Crippen molar-refractivity contribution in [3.63, 3.8) is 0 Å². The lowest BCUT2D eigenvalue weighted by Crippen LogP contribution is -2.12. The molecule has 0 aliphatic rings. The van der Waals surface area contributed by atoms with Gasteiger partial charge in [0.05, 0.1) is 0 Å². The Hall–Kier alpha value is -2.34. The number of aryl methyl sites for hydroxylation is 2. The number of pyridine rings is 1. The first-order valence-electron chi connectivity index (χ1n) is 5.33. The van der Waals surface area contributed by atoms with E-state index >= 15 is 0 Å². The van der Waals surface area contributed by atoms with Crippen LogP contribution in [0.15, 0.2) is 35.3 Å². The lowest BCUT2D eigenvalue weighted by molar-refractivity contribution is 1.18. The maximum absolute atomic E-state index is 11.6. The van der Waals surface area contributed by atoms with Crippen LogP contribution in [-0.4, -0.2) is 4.98 Å². The molecular weight excluding hydrogens is 212 g/mol. The van der Waals surface area contributed by atoms with Crippen molar-refractivity contribution in [2.24, 2.45) is 0 Å². The first-order chi connectivity index (χ1) is 8.15. The van der Waals surface area contributed by atoms with Gasteiger partial charge in [0.25, 0.3) is 5.56 Å². The van der Waals surface area contributed by atoms with Gasteiger partial charge in [-0.3, -0.25) is 4.79 Å². The Bertz CT molecular complexity index is 663. The largest absolute Gasteiger partial charge is 0.328 e. The molecule has 0 saturated carbocycles. The minimum atomic E-state index is -0.337. The fraction of sp³-hybridized carbons (Fsp3) is 0.143. The van der Waals surface area contributed by atoms with E-state index < -0.39 is 0 Å². The smallest absolute Gasteiger partial charge is 0.266 e. The summed E-state index contributed by atoms with van der Waals surface area (Å²) in [5.74, 6) is 0. The highest BCUT2D eigenvalue weighted by Gasteiger charge is 2.13. The third-order valence-corrected chi connectivity index (χ3v) is 2.82. The van der Waals surface area contributed by atoms with E-state index in [9.17, 15) is 4.79 Å². The number of aromatic nitrogens is 1. The highest BCUT2D eigenvalue weighted by atomic mass is 16.1. The first-order valence-corrected chi connectivity index (χ1v) is 5.33. The van der Waals surface area contributed by atoms with Gasteiger partial charge in [-0.25, -0.2) is 0 Å². The number of aromatic amines is 1. The van der Waals surface area contributed by atoms with Gasteiger partial charge in [0.1, 0.15) is 11.6 Å². The molecule has 2 rings (SSSR count). The van der Waals surface area contributed by atoms with Crippen LogP contribution in [0.5, 0.6) is 0 Å². The SMILES string of the molecule is Cc1ccccc1-c1c(C)c[nH]c(=O)c1C#N. The van der Waals surface area contributed by atoms with E-state index in [1.165, 1.54) is 0 Å². The predicted octanol–water partition coefficient (Wildman–Crippen LogP) is 2.53. The van der Waals surface area contributed by atoms with Crippen molar-refractivity contribution in [2.45, 2.75) is 13.8 Å². The summed E-state index contributed by atoms with van der Waals surface area (Å²) < 4.78 is 0. The Kier molecular flexibility index (Phi) is 2.80. The zero-order valence-electron chi connectivity index (χ0n) is 9.74. The third kappa shape index (κ3) is 1.85. The monoisotopic (exact) mass is 224 g/mol. The van der Waals surface area contributed by atoms with E-state index in [4.69, 9.17) is 5.26 Å². The normalized spacial score (nSPS) is 9.94. The molecule has 1 aromatic carbocycles. The van der Waals surface area contributed by atoms with Crippen LogP contribution in [0.2, 0.25) is 0 Å². The van der Waals surface area contributed by atoms with Gasteiger partial charge in [0, 0.05) is 11.8 Å². The zero-order valence-corrected chi connectivity index (χ0v) is 9.74. The number of nitrogens with one attached hydrogen (secondary N) is 1. The lowest BCUT2D eigenvalue weighted by Gasteiger charge is -2.10. The first kappa shape index (κ1) is 11.2. The molecule has 0 atom stereocenters. The average Bonchev–Trinajstić information content (AvgIpc) is 2.33. The highest BCUT2D eigenvalue weighted by molar-refractivity contribution is 5.75. The van der Waals surface area contributed by atoms with Crippen LogP contribution in [-0.2, 0) is 0 Å². The second-order valence-corrected chi connectivity index (χ2v) is 3.98. The summed E-state index contributed by atoms with van der Waals surface area (Å²) in [6.07, 6.45) is 1.64. The number of H-pyrrole nitrogens is 1. The zero-order chi connectivity index (χ0) is 12.4.